The molecule has 3 rings (SSSR count). The average Bonchev–Trinajstić information content (AvgIpc) is 2.66. The molecule has 2 aromatic carbocycles. The molecule has 0 aliphatic heterocycles. The second kappa shape index (κ2) is 8.25. The highest BCUT2D eigenvalue weighted by Crippen LogP contribution is 2.17. The molecule has 0 radical (unpaired) electrons. The largest absolute Gasteiger partial charge is 0.335 e. The molecular formula is C21H28N4O+2. The first-order valence-corrected chi connectivity index (χ1v) is 9.31. The van der Waals surface area contributed by atoms with Crippen molar-refractivity contribution in [3.63, 3.8) is 0 Å². The summed E-state index contributed by atoms with van der Waals surface area (Å²) in [6.07, 6.45) is 0.917. The number of hydrogen-bond acceptors (Lipinski definition) is 2. The molecular weight excluding hydrogens is 324 g/mol. The van der Waals surface area contributed by atoms with Crippen molar-refractivity contribution >= 4 is 10.9 Å². The molecule has 0 saturated carbocycles. The zero-order valence-electron chi connectivity index (χ0n) is 15.8. The number of nitrogens with two attached hydrogens (primary N) is 1. The van der Waals surface area contributed by atoms with Crippen molar-refractivity contribution < 1.29 is 10.2 Å². The van der Waals surface area contributed by atoms with Gasteiger partial charge in [-0.15, -0.1) is 0 Å². The van der Waals surface area contributed by atoms with Crippen LogP contribution in [-0.4, -0.2) is 36.7 Å². The monoisotopic (exact) mass is 352 g/mol. The summed E-state index contributed by atoms with van der Waals surface area (Å²) < 4.78 is 1.79. The van der Waals surface area contributed by atoms with Crippen LogP contribution in [0, 0.1) is 0 Å². The lowest BCUT2D eigenvalue weighted by Crippen LogP contribution is -3.09. The van der Waals surface area contributed by atoms with E-state index in [1.165, 1.54) is 4.90 Å². The normalized spacial score (nSPS) is 12.6. The Bertz CT molecular complexity index is 918. The van der Waals surface area contributed by atoms with Gasteiger partial charge < -0.3 is 10.2 Å². The summed E-state index contributed by atoms with van der Waals surface area (Å²) in [6, 6.07) is 17.6. The number of benzene rings is 2. The minimum Gasteiger partial charge on any atom is -0.335 e. The van der Waals surface area contributed by atoms with Crippen LogP contribution in [0.25, 0.3) is 16.6 Å². The maximum atomic E-state index is 13.3. The molecule has 0 spiro atoms. The second-order valence-corrected chi connectivity index (χ2v) is 6.96. The highest BCUT2D eigenvalue weighted by atomic mass is 16.1. The van der Waals surface area contributed by atoms with E-state index in [0.717, 1.165) is 36.5 Å². The predicted molar refractivity (Wildman–Crippen MR) is 105 cm³/mol. The molecule has 0 amide bonds. The van der Waals surface area contributed by atoms with Gasteiger partial charge in [-0.1, -0.05) is 37.3 Å². The van der Waals surface area contributed by atoms with Crippen LogP contribution in [0.1, 0.15) is 25.2 Å². The number of likely N-dealkylation sites (N-methyl/N-ethyl adjacent to an activating group) is 1. The van der Waals surface area contributed by atoms with E-state index in [0.29, 0.717) is 5.39 Å². The Balaban J connectivity index is 2.14. The molecule has 136 valence electrons. The molecule has 0 aliphatic carbocycles. The van der Waals surface area contributed by atoms with Crippen molar-refractivity contribution in [2.75, 3.05) is 27.2 Å². The van der Waals surface area contributed by atoms with E-state index in [2.05, 4.69) is 26.3 Å². The van der Waals surface area contributed by atoms with Gasteiger partial charge in [-0.2, -0.15) is 0 Å². The third-order valence-electron chi connectivity index (χ3n) is 4.68. The third-order valence-corrected chi connectivity index (χ3v) is 4.68. The van der Waals surface area contributed by atoms with Gasteiger partial charge in [0.1, 0.15) is 19.1 Å². The van der Waals surface area contributed by atoms with Gasteiger partial charge in [0.15, 0.2) is 5.82 Å². The molecule has 1 heterocycles. The first-order chi connectivity index (χ1) is 12.6. The Morgan fingerprint density at radius 2 is 1.77 bits per heavy atom. The smallest absolute Gasteiger partial charge is 0.266 e. The summed E-state index contributed by atoms with van der Waals surface area (Å²) in [5.74, 6) is 0.830. The number of quaternary nitrogens is 2. The lowest BCUT2D eigenvalue weighted by Gasteiger charge is -2.19. The summed E-state index contributed by atoms with van der Waals surface area (Å²) in [5, 5.41) is 2.97. The number of nitrogens with one attached hydrogen (secondary N) is 1. The average molecular weight is 352 g/mol. The van der Waals surface area contributed by atoms with Crippen LogP contribution in [0.15, 0.2) is 59.4 Å². The molecule has 3 N–H and O–H groups in total. The Morgan fingerprint density at radius 3 is 2.46 bits per heavy atom. The van der Waals surface area contributed by atoms with Gasteiger partial charge in [0.25, 0.3) is 5.56 Å². The highest BCUT2D eigenvalue weighted by Gasteiger charge is 2.22. The number of para-hydroxylation sites is 2. The van der Waals surface area contributed by atoms with Gasteiger partial charge in [-0.05, 0) is 24.3 Å². The summed E-state index contributed by atoms with van der Waals surface area (Å²) in [5.41, 5.74) is 1.64. The van der Waals surface area contributed by atoms with Gasteiger partial charge in [0.2, 0.25) is 0 Å². The standard InChI is InChI=1S/C21H26N4O/c1-4-18(22-14-15-24(2)3)20-23-19-13-9-8-12-17(19)21(26)25(20)16-10-6-5-7-11-16/h5-13,18,22H,4,14-15H2,1-3H3/p+2/t18-/m0/s1. The van der Waals surface area contributed by atoms with E-state index in [9.17, 15) is 4.79 Å². The van der Waals surface area contributed by atoms with Crippen LogP contribution >= 0.6 is 0 Å². The van der Waals surface area contributed by atoms with Gasteiger partial charge in [0.05, 0.1) is 30.7 Å². The van der Waals surface area contributed by atoms with E-state index in [-0.39, 0.29) is 11.6 Å². The minimum absolute atomic E-state index is 0.00174. The van der Waals surface area contributed by atoms with Crippen molar-refractivity contribution in [3.8, 4) is 5.69 Å². The van der Waals surface area contributed by atoms with Crippen molar-refractivity contribution in [2.24, 2.45) is 0 Å². The van der Waals surface area contributed by atoms with Crippen LogP contribution in [0.2, 0.25) is 0 Å². The van der Waals surface area contributed by atoms with Gasteiger partial charge in [0, 0.05) is 6.42 Å². The Morgan fingerprint density at radius 1 is 1.08 bits per heavy atom. The molecule has 5 heteroatoms. The topological polar surface area (TPSA) is 55.9 Å². The summed E-state index contributed by atoms with van der Waals surface area (Å²) in [7, 11) is 4.31. The van der Waals surface area contributed by atoms with Crippen molar-refractivity contribution in [2.45, 2.75) is 19.4 Å². The highest BCUT2D eigenvalue weighted by molar-refractivity contribution is 5.77. The maximum absolute atomic E-state index is 13.3. The van der Waals surface area contributed by atoms with E-state index >= 15 is 0 Å². The second-order valence-electron chi connectivity index (χ2n) is 6.96. The Labute approximate surface area is 154 Å². The number of nitrogens with zero attached hydrogens (tertiary/aromatic N) is 2. The molecule has 0 fully saturated rings. The maximum Gasteiger partial charge on any atom is 0.266 e. The van der Waals surface area contributed by atoms with Crippen molar-refractivity contribution in [3.05, 3.63) is 70.8 Å². The number of aromatic nitrogens is 2. The Hall–Kier alpha value is -2.50. The number of hydrogen-bond donors (Lipinski definition) is 2. The fourth-order valence-electron chi connectivity index (χ4n) is 3.25. The zero-order valence-corrected chi connectivity index (χ0v) is 15.8. The SMILES string of the molecule is CC[C@H]([NH2+]CC[NH+](C)C)c1nc2ccccc2c(=O)n1-c1ccccc1. The minimum atomic E-state index is 0.00174. The molecule has 0 aliphatic rings. The van der Waals surface area contributed by atoms with Crippen LogP contribution in [0.5, 0.6) is 0 Å². The molecule has 0 unspecified atom stereocenters. The van der Waals surface area contributed by atoms with Crippen molar-refractivity contribution in [1.29, 1.82) is 0 Å². The first kappa shape index (κ1) is 18.3. The molecule has 1 aromatic heterocycles. The quantitative estimate of drug-likeness (QED) is 0.652. The summed E-state index contributed by atoms with van der Waals surface area (Å²) in [4.78, 5) is 19.6. The van der Waals surface area contributed by atoms with Crippen LogP contribution in [0.4, 0.5) is 0 Å². The van der Waals surface area contributed by atoms with E-state index in [1.807, 2.05) is 54.6 Å². The third kappa shape index (κ3) is 3.84. The molecule has 1 atom stereocenters. The van der Waals surface area contributed by atoms with Crippen LogP contribution in [-0.2, 0) is 0 Å². The van der Waals surface area contributed by atoms with E-state index < -0.39 is 0 Å². The van der Waals surface area contributed by atoms with Gasteiger partial charge in [-0.25, -0.2) is 4.98 Å². The summed E-state index contributed by atoms with van der Waals surface area (Å²) in [6.45, 7) is 4.22. The van der Waals surface area contributed by atoms with Crippen molar-refractivity contribution in [1.82, 2.24) is 9.55 Å². The van der Waals surface area contributed by atoms with Crippen LogP contribution in [0.3, 0.4) is 0 Å². The van der Waals surface area contributed by atoms with E-state index in [4.69, 9.17) is 4.98 Å². The fourth-order valence-corrected chi connectivity index (χ4v) is 3.25. The lowest BCUT2D eigenvalue weighted by molar-refractivity contribution is -0.877. The zero-order chi connectivity index (χ0) is 18.5. The van der Waals surface area contributed by atoms with Gasteiger partial charge in [-0.3, -0.25) is 9.36 Å². The molecule has 0 saturated heterocycles. The van der Waals surface area contributed by atoms with Crippen LogP contribution < -0.4 is 15.8 Å². The number of rotatable bonds is 7. The first-order valence-electron chi connectivity index (χ1n) is 9.31. The van der Waals surface area contributed by atoms with E-state index in [1.54, 1.807) is 4.57 Å². The number of fused-ring (bicyclic) bond motifs is 1. The lowest BCUT2D eigenvalue weighted by atomic mass is 10.1. The molecule has 5 nitrogen and oxygen atoms in total. The predicted octanol–water partition coefficient (Wildman–Crippen LogP) is 0.545. The molecule has 3 aromatic rings. The summed E-state index contributed by atoms with van der Waals surface area (Å²) >= 11 is 0. The fraction of sp³-hybridized carbons (Fsp3) is 0.333. The molecule has 26 heavy (non-hydrogen) atoms. The Kier molecular flexibility index (Phi) is 5.81. The molecule has 0 bridgehead atoms. The van der Waals surface area contributed by atoms with Gasteiger partial charge >= 0.3 is 0 Å².